The highest BCUT2D eigenvalue weighted by atomic mass is 16.5. The maximum absolute atomic E-state index is 11.3. The van der Waals surface area contributed by atoms with Crippen LogP contribution in [-0.4, -0.2) is 12.1 Å². The maximum Gasteiger partial charge on any atom is 0.305 e. The van der Waals surface area contributed by atoms with Crippen molar-refractivity contribution >= 4 is 5.97 Å². The van der Waals surface area contributed by atoms with E-state index in [1.807, 2.05) is 13.8 Å². The summed E-state index contributed by atoms with van der Waals surface area (Å²) in [4.78, 5) is 11.3. The van der Waals surface area contributed by atoms with Crippen LogP contribution in [0.4, 0.5) is 0 Å². The molecule has 0 saturated carbocycles. The Morgan fingerprint density at radius 3 is 2.15 bits per heavy atom. The largest absolute Gasteiger partial charge is 0.462 e. The molecular formula is C18H36O2. The van der Waals surface area contributed by atoms with Crippen molar-refractivity contribution in [2.75, 3.05) is 0 Å². The van der Waals surface area contributed by atoms with Crippen LogP contribution in [0.25, 0.3) is 0 Å². The molecule has 0 heterocycles. The van der Waals surface area contributed by atoms with E-state index < -0.39 is 0 Å². The molecule has 0 aliphatic carbocycles. The minimum absolute atomic E-state index is 0.0577. The molecule has 2 nitrogen and oxygen atoms in total. The van der Waals surface area contributed by atoms with Gasteiger partial charge >= 0.3 is 5.97 Å². The monoisotopic (exact) mass is 284 g/mol. The third kappa shape index (κ3) is 10.3. The van der Waals surface area contributed by atoms with Crippen LogP contribution in [-0.2, 0) is 9.53 Å². The second-order valence-electron chi connectivity index (χ2n) is 6.41. The first-order valence-corrected chi connectivity index (χ1v) is 8.70. The summed E-state index contributed by atoms with van der Waals surface area (Å²) in [7, 11) is 0. The highest BCUT2D eigenvalue weighted by Gasteiger charge is 2.16. The Labute approximate surface area is 126 Å². The normalized spacial score (nSPS) is 15.7. The van der Waals surface area contributed by atoms with Crippen molar-refractivity contribution in [1.82, 2.24) is 0 Å². The average molecular weight is 284 g/mol. The SMILES string of the molecule is CCCCCC[C@@H](C)CCC[C@H](C)[C@H](C)OC(=O)CC. The highest BCUT2D eigenvalue weighted by Crippen LogP contribution is 2.21. The predicted molar refractivity (Wildman–Crippen MR) is 86.8 cm³/mol. The smallest absolute Gasteiger partial charge is 0.305 e. The highest BCUT2D eigenvalue weighted by molar-refractivity contribution is 5.69. The summed E-state index contributed by atoms with van der Waals surface area (Å²) in [5.74, 6) is 1.24. The Balaban J connectivity index is 3.63. The number of carbonyl (C=O) groups excluding carboxylic acids is 1. The Bertz CT molecular complexity index is 238. The van der Waals surface area contributed by atoms with E-state index >= 15 is 0 Å². The molecule has 0 aliphatic rings. The van der Waals surface area contributed by atoms with Gasteiger partial charge in [-0.05, 0) is 25.2 Å². The van der Waals surface area contributed by atoms with Crippen LogP contribution in [0.1, 0.15) is 92.4 Å². The first-order valence-electron chi connectivity index (χ1n) is 8.70. The molecule has 0 aromatic heterocycles. The van der Waals surface area contributed by atoms with Crippen molar-refractivity contribution in [3.05, 3.63) is 0 Å². The fourth-order valence-electron chi connectivity index (χ4n) is 2.49. The van der Waals surface area contributed by atoms with Gasteiger partial charge in [0, 0.05) is 6.42 Å². The molecule has 20 heavy (non-hydrogen) atoms. The molecule has 0 N–H and O–H groups in total. The summed E-state index contributed by atoms with van der Waals surface area (Å²) in [5.41, 5.74) is 0. The van der Waals surface area contributed by atoms with E-state index in [1.54, 1.807) is 0 Å². The van der Waals surface area contributed by atoms with Gasteiger partial charge in [-0.1, -0.05) is 72.6 Å². The van der Waals surface area contributed by atoms with Crippen molar-refractivity contribution in [3.63, 3.8) is 0 Å². The van der Waals surface area contributed by atoms with Crippen molar-refractivity contribution < 1.29 is 9.53 Å². The molecule has 2 heteroatoms. The first-order chi connectivity index (χ1) is 9.51. The third-order valence-corrected chi connectivity index (χ3v) is 4.31. The zero-order valence-electron chi connectivity index (χ0n) is 14.4. The van der Waals surface area contributed by atoms with Gasteiger partial charge in [-0.2, -0.15) is 0 Å². The lowest BCUT2D eigenvalue weighted by Gasteiger charge is -2.21. The number of rotatable bonds is 12. The number of ether oxygens (including phenoxy) is 1. The van der Waals surface area contributed by atoms with Crippen molar-refractivity contribution in [3.8, 4) is 0 Å². The quantitative estimate of drug-likeness (QED) is 0.337. The Hall–Kier alpha value is -0.530. The molecule has 0 amide bonds. The Kier molecular flexibility index (Phi) is 11.9. The lowest BCUT2D eigenvalue weighted by atomic mass is 9.93. The van der Waals surface area contributed by atoms with Gasteiger partial charge in [-0.25, -0.2) is 0 Å². The van der Waals surface area contributed by atoms with E-state index in [2.05, 4.69) is 20.8 Å². The van der Waals surface area contributed by atoms with Crippen molar-refractivity contribution in [2.45, 2.75) is 98.5 Å². The zero-order chi connectivity index (χ0) is 15.4. The number of hydrogen-bond acceptors (Lipinski definition) is 2. The second-order valence-corrected chi connectivity index (χ2v) is 6.41. The lowest BCUT2D eigenvalue weighted by molar-refractivity contribution is -0.150. The van der Waals surface area contributed by atoms with Crippen molar-refractivity contribution in [2.24, 2.45) is 11.8 Å². The second kappa shape index (κ2) is 12.2. The van der Waals surface area contributed by atoms with Crippen LogP contribution in [0.5, 0.6) is 0 Å². The minimum Gasteiger partial charge on any atom is -0.462 e. The van der Waals surface area contributed by atoms with Gasteiger partial charge in [0.2, 0.25) is 0 Å². The van der Waals surface area contributed by atoms with Crippen LogP contribution in [0.3, 0.4) is 0 Å². The molecule has 0 rings (SSSR count). The lowest BCUT2D eigenvalue weighted by Crippen LogP contribution is -2.21. The molecular weight excluding hydrogens is 248 g/mol. The maximum atomic E-state index is 11.3. The summed E-state index contributed by atoms with van der Waals surface area (Å²) >= 11 is 0. The summed E-state index contributed by atoms with van der Waals surface area (Å²) in [6.45, 7) is 10.7. The molecule has 0 spiro atoms. The number of unbranched alkanes of at least 4 members (excludes halogenated alkanes) is 3. The molecule has 0 fully saturated rings. The number of hydrogen-bond donors (Lipinski definition) is 0. The molecule has 3 atom stereocenters. The Morgan fingerprint density at radius 2 is 1.55 bits per heavy atom. The number of esters is 1. The van der Waals surface area contributed by atoms with E-state index in [0.29, 0.717) is 12.3 Å². The fourth-order valence-corrected chi connectivity index (χ4v) is 2.49. The third-order valence-electron chi connectivity index (χ3n) is 4.31. The first kappa shape index (κ1) is 19.5. The molecule has 0 aliphatic heterocycles. The minimum atomic E-state index is -0.0753. The van der Waals surface area contributed by atoms with E-state index in [9.17, 15) is 4.79 Å². The average Bonchev–Trinajstić information content (AvgIpc) is 2.43. The number of carbonyl (C=O) groups is 1. The van der Waals surface area contributed by atoms with Gasteiger partial charge in [0.15, 0.2) is 0 Å². The van der Waals surface area contributed by atoms with Gasteiger partial charge in [-0.15, -0.1) is 0 Å². The van der Waals surface area contributed by atoms with E-state index in [4.69, 9.17) is 4.74 Å². The molecule has 0 unspecified atom stereocenters. The summed E-state index contributed by atoms with van der Waals surface area (Å²) in [5, 5.41) is 0. The predicted octanol–water partition coefficient (Wildman–Crippen LogP) is 5.74. The van der Waals surface area contributed by atoms with Crippen LogP contribution < -0.4 is 0 Å². The summed E-state index contributed by atoms with van der Waals surface area (Å²) in [6, 6.07) is 0. The molecule has 0 radical (unpaired) electrons. The summed E-state index contributed by atoms with van der Waals surface area (Å²) < 4.78 is 5.37. The molecule has 0 aromatic rings. The van der Waals surface area contributed by atoms with Gasteiger partial charge in [0.05, 0.1) is 0 Å². The van der Waals surface area contributed by atoms with Gasteiger partial charge in [0.25, 0.3) is 0 Å². The van der Waals surface area contributed by atoms with Crippen molar-refractivity contribution in [1.29, 1.82) is 0 Å². The van der Waals surface area contributed by atoms with Crippen LogP contribution >= 0.6 is 0 Å². The van der Waals surface area contributed by atoms with Gasteiger partial charge in [-0.3, -0.25) is 4.79 Å². The zero-order valence-corrected chi connectivity index (χ0v) is 14.4. The van der Waals surface area contributed by atoms with E-state index in [1.165, 1.54) is 44.9 Å². The Morgan fingerprint density at radius 1 is 0.900 bits per heavy atom. The van der Waals surface area contributed by atoms with Crippen LogP contribution in [0.15, 0.2) is 0 Å². The molecule has 0 aromatic carbocycles. The standard InChI is InChI=1S/C18H36O2/c1-6-8-9-10-12-15(3)13-11-14-16(4)17(5)20-18(19)7-2/h15-17H,6-14H2,1-5H3/t15-,16+,17+/m1/s1. The van der Waals surface area contributed by atoms with Gasteiger partial charge < -0.3 is 4.74 Å². The van der Waals surface area contributed by atoms with Crippen LogP contribution in [0, 0.1) is 11.8 Å². The molecule has 0 bridgehead atoms. The topological polar surface area (TPSA) is 26.3 Å². The molecule has 120 valence electrons. The van der Waals surface area contributed by atoms with E-state index in [0.717, 1.165) is 12.3 Å². The van der Waals surface area contributed by atoms with E-state index in [-0.39, 0.29) is 12.1 Å². The fraction of sp³-hybridized carbons (Fsp3) is 0.944. The van der Waals surface area contributed by atoms with Gasteiger partial charge in [0.1, 0.15) is 6.10 Å². The molecule has 0 saturated heterocycles. The summed E-state index contributed by atoms with van der Waals surface area (Å²) in [6.07, 6.45) is 11.1. The van der Waals surface area contributed by atoms with Crippen LogP contribution in [0.2, 0.25) is 0 Å².